The van der Waals surface area contributed by atoms with E-state index in [0.717, 1.165) is 29.4 Å². The number of halogens is 1. The topological polar surface area (TPSA) is 43.8 Å². The van der Waals surface area contributed by atoms with Crippen LogP contribution in [0.3, 0.4) is 0 Å². The number of rotatable bonds is 4. The second-order valence-corrected chi connectivity index (χ2v) is 4.91. The predicted molar refractivity (Wildman–Crippen MR) is 75.3 cm³/mol. The van der Waals surface area contributed by atoms with Crippen molar-refractivity contribution in [2.24, 2.45) is 5.73 Å². The summed E-state index contributed by atoms with van der Waals surface area (Å²) in [6.45, 7) is 4.05. The third kappa shape index (κ3) is 2.74. The van der Waals surface area contributed by atoms with Crippen LogP contribution in [0.4, 0.5) is 0 Å². The van der Waals surface area contributed by atoms with Crippen LogP contribution < -0.4 is 5.73 Å². The molecule has 2 rings (SSSR count). The molecule has 0 aliphatic heterocycles. The van der Waals surface area contributed by atoms with Gasteiger partial charge in [-0.05, 0) is 37.5 Å². The van der Waals surface area contributed by atoms with Crippen LogP contribution in [-0.4, -0.2) is 15.6 Å². The minimum Gasteiger partial charge on any atom is -0.327 e. The molecule has 0 spiro atoms. The van der Waals surface area contributed by atoms with Gasteiger partial charge in [-0.2, -0.15) is 0 Å². The third-order valence-electron chi connectivity index (χ3n) is 3.12. The number of benzene rings is 1. The van der Waals surface area contributed by atoms with E-state index in [1.165, 1.54) is 5.56 Å². The summed E-state index contributed by atoms with van der Waals surface area (Å²) in [5, 5.41) is 0.733. The summed E-state index contributed by atoms with van der Waals surface area (Å²) in [5.74, 6) is 0.926. The highest BCUT2D eigenvalue weighted by Gasteiger charge is 2.08. The van der Waals surface area contributed by atoms with Crippen molar-refractivity contribution < 1.29 is 0 Å². The maximum atomic E-state index is 6.33. The van der Waals surface area contributed by atoms with E-state index in [1.54, 1.807) is 6.20 Å². The molecule has 0 saturated heterocycles. The van der Waals surface area contributed by atoms with Crippen LogP contribution in [0.2, 0.25) is 5.02 Å². The maximum Gasteiger partial charge on any atom is 0.110 e. The Labute approximate surface area is 113 Å². The zero-order valence-electron chi connectivity index (χ0n) is 10.7. The van der Waals surface area contributed by atoms with Crippen LogP contribution in [0, 0.1) is 6.92 Å². The first-order valence-corrected chi connectivity index (χ1v) is 6.54. The van der Waals surface area contributed by atoms with Crippen LogP contribution in [0.15, 0.2) is 30.6 Å². The van der Waals surface area contributed by atoms with E-state index < -0.39 is 0 Å². The lowest BCUT2D eigenvalue weighted by Gasteiger charge is -2.12. The third-order valence-corrected chi connectivity index (χ3v) is 3.42. The number of aromatic nitrogens is 2. The highest BCUT2D eigenvalue weighted by atomic mass is 35.5. The smallest absolute Gasteiger partial charge is 0.110 e. The Kier molecular flexibility index (Phi) is 4.04. The molecule has 1 unspecified atom stereocenters. The zero-order chi connectivity index (χ0) is 13.1. The van der Waals surface area contributed by atoms with Gasteiger partial charge < -0.3 is 10.3 Å². The summed E-state index contributed by atoms with van der Waals surface area (Å²) in [5.41, 5.74) is 8.09. The molecule has 1 atom stereocenters. The number of aryl methyl sites for hydroxylation is 1. The second kappa shape index (κ2) is 5.55. The second-order valence-electron chi connectivity index (χ2n) is 4.50. The molecule has 0 saturated carbocycles. The highest BCUT2D eigenvalue weighted by molar-refractivity contribution is 6.32. The van der Waals surface area contributed by atoms with Crippen molar-refractivity contribution in [3.63, 3.8) is 0 Å². The fourth-order valence-electron chi connectivity index (χ4n) is 1.95. The van der Waals surface area contributed by atoms with Gasteiger partial charge in [0.05, 0.1) is 10.7 Å². The van der Waals surface area contributed by atoms with Crippen molar-refractivity contribution in [1.29, 1.82) is 0 Å². The predicted octanol–water partition coefficient (Wildman–Crippen LogP) is 3.11. The zero-order valence-corrected chi connectivity index (χ0v) is 11.5. The standard InChI is InChI=1S/C14H18ClN3/c1-3-12(16)8-11-4-5-14(13(15)9-11)18-7-6-17-10(18)2/h4-7,9,12H,3,8,16H2,1-2H3. The van der Waals surface area contributed by atoms with Crippen LogP contribution >= 0.6 is 11.6 Å². The first-order chi connectivity index (χ1) is 8.61. The Bertz CT molecular complexity index is 534. The summed E-state index contributed by atoms with van der Waals surface area (Å²) in [6, 6.07) is 6.29. The Balaban J connectivity index is 2.28. The Morgan fingerprint density at radius 1 is 1.44 bits per heavy atom. The van der Waals surface area contributed by atoms with Crippen LogP contribution in [-0.2, 0) is 6.42 Å². The van der Waals surface area contributed by atoms with Gasteiger partial charge in [-0.1, -0.05) is 24.6 Å². The van der Waals surface area contributed by atoms with Gasteiger partial charge in [0.15, 0.2) is 0 Å². The van der Waals surface area contributed by atoms with Gasteiger partial charge in [-0.3, -0.25) is 0 Å². The van der Waals surface area contributed by atoms with Crippen molar-refractivity contribution in [2.75, 3.05) is 0 Å². The molecule has 0 bridgehead atoms. The highest BCUT2D eigenvalue weighted by Crippen LogP contribution is 2.23. The minimum absolute atomic E-state index is 0.196. The number of hydrogen-bond acceptors (Lipinski definition) is 2. The van der Waals surface area contributed by atoms with Gasteiger partial charge >= 0.3 is 0 Å². The molecule has 0 amide bonds. The summed E-state index contributed by atoms with van der Waals surface area (Å²) in [4.78, 5) is 4.20. The lowest BCUT2D eigenvalue weighted by atomic mass is 10.0. The molecule has 4 heteroatoms. The van der Waals surface area contributed by atoms with E-state index in [0.29, 0.717) is 0 Å². The molecule has 1 aromatic heterocycles. The molecule has 0 fully saturated rings. The summed E-state index contributed by atoms with van der Waals surface area (Å²) >= 11 is 6.33. The van der Waals surface area contributed by atoms with E-state index in [2.05, 4.69) is 18.0 Å². The molecule has 1 aromatic carbocycles. The van der Waals surface area contributed by atoms with Gasteiger partial charge in [0, 0.05) is 18.4 Å². The SMILES string of the molecule is CCC(N)Cc1ccc(-n2ccnc2C)c(Cl)c1. The van der Waals surface area contributed by atoms with Crippen LogP contribution in [0.25, 0.3) is 5.69 Å². The van der Waals surface area contributed by atoms with Crippen molar-refractivity contribution in [3.05, 3.63) is 47.0 Å². The first-order valence-electron chi connectivity index (χ1n) is 6.16. The summed E-state index contributed by atoms with van der Waals surface area (Å²) in [6.07, 6.45) is 5.51. The molecule has 2 aromatic rings. The summed E-state index contributed by atoms with van der Waals surface area (Å²) < 4.78 is 1.98. The number of nitrogens with two attached hydrogens (primary N) is 1. The van der Waals surface area contributed by atoms with E-state index >= 15 is 0 Å². The molecule has 2 N–H and O–H groups in total. The first kappa shape index (κ1) is 13.1. The summed E-state index contributed by atoms with van der Waals surface area (Å²) in [7, 11) is 0. The molecule has 0 aliphatic rings. The molecule has 96 valence electrons. The largest absolute Gasteiger partial charge is 0.327 e. The molecular weight excluding hydrogens is 246 g/mol. The Morgan fingerprint density at radius 2 is 2.22 bits per heavy atom. The van der Waals surface area contributed by atoms with Crippen LogP contribution in [0.5, 0.6) is 0 Å². The molecule has 0 aliphatic carbocycles. The van der Waals surface area contributed by atoms with Crippen LogP contribution in [0.1, 0.15) is 24.7 Å². The lowest BCUT2D eigenvalue weighted by Crippen LogP contribution is -2.21. The molecule has 3 nitrogen and oxygen atoms in total. The number of nitrogens with zero attached hydrogens (tertiary/aromatic N) is 2. The monoisotopic (exact) mass is 263 g/mol. The molecule has 0 radical (unpaired) electrons. The van der Waals surface area contributed by atoms with Gasteiger partial charge in [-0.25, -0.2) is 4.98 Å². The molecule has 1 heterocycles. The van der Waals surface area contributed by atoms with Crippen molar-refractivity contribution in [2.45, 2.75) is 32.7 Å². The van der Waals surface area contributed by atoms with Crippen molar-refractivity contribution >= 4 is 11.6 Å². The van der Waals surface area contributed by atoms with E-state index in [1.807, 2.05) is 29.8 Å². The van der Waals surface area contributed by atoms with Gasteiger partial charge in [-0.15, -0.1) is 0 Å². The van der Waals surface area contributed by atoms with Gasteiger partial charge in [0.25, 0.3) is 0 Å². The molecular formula is C14H18ClN3. The quantitative estimate of drug-likeness (QED) is 0.921. The number of imidazole rings is 1. The van der Waals surface area contributed by atoms with Gasteiger partial charge in [0.1, 0.15) is 5.82 Å². The molecule has 18 heavy (non-hydrogen) atoms. The fraction of sp³-hybridized carbons (Fsp3) is 0.357. The van der Waals surface area contributed by atoms with Crippen molar-refractivity contribution in [3.8, 4) is 5.69 Å². The lowest BCUT2D eigenvalue weighted by molar-refractivity contribution is 0.646. The average molecular weight is 264 g/mol. The van der Waals surface area contributed by atoms with E-state index in [9.17, 15) is 0 Å². The Morgan fingerprint density at radius 3 is 2.78 bits per heavy atom. The Hall–Kier alpha value is -1.32. The maximum absolute atomic E-state index is 6.33. The van der Waals surface area contributed by atoms with Gasteiger partial charge in [0.2, 0.25) is 0 Å². The number of hydrogen-bond donors (Lipinski definition) is 1. The fourth-order valence-corrected chi connectivity index (χ4v) is 2.25. The van der Waals surface area contributed by atoms with Crippen molar-refractivity contribution in [1.82, 2.24) is 9.55 Å². The normalized spacial score (nSPS) is 12.7. The van der Waals surface area contributed by atoms with E-state index in [4.69, 9.17) is 17.3 Å². The average Bonchev–Trinajstić information content (AvgIpc) is 2.75. The van der Waals surface area contributed by atoms with E-state index in [-0.39, 0.29) is 6.04 Å². The minimum atomic E-state index is 0.196.